The van der Waals surface area contributed by atoms with Gasteiger partial charge in [-0.2, -0.15) is 0 Å². The van der Waals surface area contributed by atoms with Gasteiger partial charge in [0.2, 0.25) is 0 Å². The average molecular weight is 158 g/mol. The molecule has 0 aromatic carbocycles. The first-order valence-corrected chi connectivity index (χ1v) is 3.75. The maximum atomic E-state index is 5.31. The van der Waals surface area contributed by atoms with Crippen molar-refractivity contribution < 1.29 is 14.2 Å². The third-order valence-corrected chi connectivity index (χ3v) is 1.57. The molecule has 0 aliphatic carbocycles. The normalized spacial score (nSPS) is 30.0. The van der Waals surface area contributed by atoms with E-state index >= 15 is 0 Å². The molecule has 1 heterocycles. The van der Waals surface area contributed by atoms with E-state index in [2.05, 4.69) is 0 Å². The smallest absolute Gasteiger partial charge is 0.147 e. The van der Waals surface area contributed by atoms with Crippen molar-refractivity contribution in [2.45, 2.75) is 25.6 Å². The molecule has 1 rings (SSSR count). The molecule has 1 aliphatic heterocycles. The fraction of sp³-hybridized carbons (Fsp3) is 0.750. The summed E-state index contributed by atoms with van der Waals surface area (Å²) in [5.74, 6) is 0. The van der Waals surface area contributed by atoms with Gasteiger partial charge in [-0.15, -0.1) is 0 Å². The van der Waals surface area contributed by atoms with Crippen LogP contribution >= 0.6 is 0 Å². The number of rotatable bonds is 3. The Kier molecular flexibility index (Phi) is 3.39. The van der Waals surface area contributed by atoms with Crippen molar-refractivity contribution >= 4 is 0 Å². The maximum absolute atomic E-state index is 5.31. The van der Waals surface area contributed by atoms with Gasteiger partial charge in [0.25, 0.3) is 0 Å². The van der Waals surface area contributed by atoms with Gasteiger partial charge in [-0.3, -0.25) is 0 Å². The molecular weight excluding hydrogens is 144 g/mol. The number of hydrogen-bond acceptors (Lipinski definition) is 3. The van der Waals surface area contributed by atoms with Crippen LogP contribution in [0.3, 0.4) is 0 Å². The number of methoxy groups -OCH3 is 1. The highest BCUT2D eigenvalue weighted by Gasteiger charge is 2.14. The lowest BCUT2D eigenvalue weighted by atomic mass is 10.1. The van der Waals surface area contributed by atoms with E-state index in [9.17, 15) is 0 Å². The minimum Gasteiger partial charge on any atom is -0.498 e. The third-order valence-electron chi connectivity index (χ3n) is 1.57. The van der Waals surface area contributed by atoms with Crippen molar-refractivity contribution in [1.82, 2.24) is 0 Å². The standard InChI is InChI=1S/C8H14O3/c1-7-5-8(3-4-10-7)11-6-9-2/h3-4,7-8H,5-6H2,1-2H3/t7-,8-/m0/s1. The minimum atomic E-state index is 0.152. The summed E-state index contributed by atoms with van der Waals surface area (Å²) in [6, 6.07) is 0. The molecule has 0 N–H and O–H groups in total. The largest absolute Gasteiger partial charge is 0.498 e. The van der Waals surface area contributed by atoms with Crippen molar-refractivity contribution in [3.05, 3.63) is 12.3 Å². The lowest BCUT2D eigenvalue weighted by molar-refractivity contribution is -0.0734. The summed E-state index contributed by atoms with van der Waals surface area (Å²) in [7, 11) is 1.62. The van der Waals surface area contributed by atoms with Gasteiger partial charge in [-0.05, 0) is 13.0 Å². The molecule has 0 aromatic heterocycles. The Balaban J connectivity index is 2.23. The second-order valence-electron chi connectivity index (χ2n) is 2.62. The number of ether oxygens (including phenoxy) is 3. The molecule has 0 radical (unpaired) electrons. The van der Waals surface area contributed by atoms with Crippen LogP contribution in [0.2, 0.25) is 0 Å². The van der Waals surface area contributed by atoms with Crippen molar-refractivity contribution in [3.8, 4) is 0 Å². The number of hydrogen-bond donors (Lipinski definition) is 0. The molecule has 0 saturated heterocycles. The van der Waals surface area contributed by atoms with Crippen LogP contribution in [-0.2, 0) is 14.2 Å². The van der Waals surface area contributed by atoms with Gasteiger partial charge >= 0.3 is 0 Å². The minimum absolute atomic E-state index is 0.152. The molecule has 0 amide bonds. The lowest BCUT2D eigenvalue weighted by Crippen LogP contribution is -2.22. The Morgan fingerprint density at radius 3 is 3.09 bits per heavy atom. The summed E-state index contributed by atoms with van der Waals surface area (Å²) in [6.07, 6.45) is 4.90. The zero-order chi connectivity index (χ0) is 8.10. The second-order valence-corrected chi connectivity index (χ2v) is 2.62. The van der Waals surface area contributed by atoms with Crippen molar-refractivity contribution in [2.24, 2.45) is 0 Å². The van der Waals surface area contributed by atoms with Crippen molar-refractivity contribution in [2.75, 3.05) is 13.9 Å². The third kappa shape index (κ3) is 2.91. The van der Waals surface area contributed by atoms with Crippen LogP contribution in [0.25, 0.3) is 0 Å². The van der Waals surface area contributed by atoms with Gasteiger partial charge < -0.3 is 14.2 Å². The van der Waals surface area contributed by atoms with E-state index in [-0.39, 0.29) is 12.2 Å². The quantitative estimate of drug-likeness (QED) is 0.579. The average Bonchev–Trinajstić information content (AvgIpc) is 2.01. The molecule has 11 heavy (non-hydrogen) atoms. The predicted molar refractivity (Wildman–Crippen MR) is 41.1 cm³/mol. The van der Waals surface area contributed by atoms with Gasteiger partial charge in [-0.25, -0.2) is 0 Å². The van der Waals surface area contributed by atoms with Crippen LogP contribution in [-0.4, -0.2) is 26.1 Å². The summed E-state index contributed by atoms with van der Waals surface area (Å²) in [6.45, 7) is 2.37. The lowest BCUT2D eigenvalue weighted by Gasteiger charge is -2.22. The molecule has 1 aliphatic rings. The summed E-state index contributed by atoms with van der Waals surface area (Å²) in [5.41, 5.74) is 0. The highest BCUT2D eigenvalue weighted by Crippen LogP contribution is 2.13. The molecule has 0 bridgehead atoms. The Bertz CT molecular complexity index is 133. The predicted octanol–water partition coefficient (Wildman–Crippen LogP) is 1.30. The summed E-state index contributed by atoms with van der Waals surface area (Å²) >= 11 is 0. The van der Waals surface area contributed by atoms with Crippen LogP contribution in [0.1, 0.15) is 13.3 Å². The van der Waals surface area contributed by atoms with Gasteiger partial charge in [0.05, 0.1) is 18.5 Å². The van der Waals surface area contributed by atoms with Crippen LogP contribution < -0.4 is 0 Å². The molecule has 0 spiro atoms. The molecule has 0 aromatic rings. The van der Waals surface area contributed by atoms with Gasteiger partial charge in [0.15, 0.2) is 0 Å². The van der Waals surface area contributed by atoms with E-state index in [1.165, 1.54) is 0 Å². The van der Waals surface area contributed by atoms with E-state index < -0.39 is 0 Å². The Morgan fingerprint density at radius 1 is 1.64 bits per heavy atom. The van der Waals surface area contributed by atoms with Crippen LogP contribution in [0, 0.1) is 0 Å². The van der Waals surface area contributed by atoms with Crippen LogP contribution in [0.5, 0.6) is 0 Å². The molecule has 0 saturated carbocycles. The van der Waals surface area contributed by atoms with E-state index in [0.29, 0.717) is 6.79 Å². The maximum Gasteiger partial charge on any atom is 0.147 e. The molecule has 3 heteroatoms. The first kappa shape index (κ1) is 8.56. The van der Waals surface area contributed by atoms with Gasteiger partial charge in [0, 0.05) is 13.5 Å². The van der Waals surface area contributed by atoms with Crippen molar-refractivity contribution in [3.63, 3.8) is 0 Å². The van der Waals surface area contributed by atoms with E-state index in [0.717, 1.165) is 6.42 Å². The van der Waals surface area contributed by atoms with Crippen LogP contribution in [0.4, 0.5) is 0 Å². The molecule has 2 atom stereocenters. The molecular formula is C8H14O3. The highest BCUT2D eigenvalue weighted by atomic mass is 16.7. The van der Waals surface area contributed by atoms with Gasteiger partial charge in [0.1, 0.15) is 6.79 Å². The zero-order valence-corrected chi connectivity index (χ0v) is 6.95. The summed E-state index contributed by atoms with van der Waals surface area (Å²) in [4.78, 5) is 0. The fourth-order valence-corrected chi connectivity index (χ4v) is 1.01. The second kappa shape index (κ2) is 4.36. The summed E-state index contributed by atoms with van der Waals surface area (Å²) in [5, 5.41) is 0. The molecule has 0 unspecified atom stereocenters. The van der Waals surface area contributed by atoms with E-state index in [1.807, 2.05) is 13.0 Å². The fourth-order valence-electron chi connectivity index (χ4n) is 1.01. The Labute approximate surface area is 66.9 Å². The highest BCUT2D eigenvalue weighted by molar-refractivity contribution is 4.90. The first-order chi connectivity index (χ1) is 5.33. The van der Waals surface area contributed by atoms with Crippen molar-refractivity contribution in [1.29, 1.82) is 0 Å². The first-order valence-electron chi connectivity index (χ1n) is 3.75. The molecule has 0 fully saturated rings. The molecule has 64 valence electrons. The Morgan fingerprint density at radius 2 is 2.45 bits per heavy atom. The van der Waals surface area contributed by atoms with E-state index in [1.54, 1.807) is 13.4 Å². The van der Waals surface area contributed by atoms with Crippen LogP contribution in [0.15, 0.2) is 12.3 Å². The topological polar surface area (TPSA) is 27.7 Å². The SMILES string of the molecule is COCO[C@H]1C=CO[C@@H](C)C1. The Hall–Kier alpha value is -0.540. The van der Waals surface area contributed by atoms with E-state index in [4.69, 9.17) is 14.2 Å². The molecule has 3 nitrogen and oxygen atoms in total. The summed E-state index contributed by atoms with van der Waals surface area (Å²) < 4.78 is 15.3. The monoisotopic (exact) mass is 158 g/mol. The van der Waals surface area contributed by atoms with Gasteiger partial charge in [-0.1, -0.05) is 0 Å². The zero-order valence-electron chi connectivity index (χ0n) is 6.95.